The first kappa shape index (κ1) is 21.5. The summed E-state index contributed by atoms with van der Waals surface area (Å²) in [5, 5.41) is 8.23. The average Bonchev–Trinajstić information content (AvgIpc) is 3.10. The van der Waals surface area contributed by atoms with Gasteiger partial charge in [0.2, 0.25) is 5.89 Å². The summed E-state index contributed by atoms with van der Waals surface area (Å²) in [5.74, 6) is 2.05. The van der Waals surface area contributed by atoms with Crippen molar-refractivity contribution in [3.8, 4) is 22.8 Å². The van der Waals surface area contributed by atoms with Crippen LogP contribution in [0.15, 0.2) is 71.3 Å². The molecule has 7 nitrogen and oxygen atoms in total. The molecule has 2 heterocycles. The van der Waals surface area contributed by atoms with Crippen LogP contribution in [0.5, 0.6) is 0 Å². The van der Waals surface area contributed by atoms with E-state index in [4.69, 9.17) is 15.9 Å². The van der Waals surface area contributed by atoms with Gasteiger partial charge in [-0.25, -0.2) is 9.97 Å². The van der Waals surface area contributed by atoms with Crippen LogP contribution >= 0.6 is 11.8 Å². The van der Waals surface area contributed by atoms with Crippen molar-refractivity contribution >= 4 is 23.2 Å². The van der Waals surface area contributed by atoms with Crippen molar-refractivity contribution in [1.82, 2.24) is 20.2 Å². The zero-order chi connectivity index (χ0) is 21.2. The van der Waals surface area contributed by atoms with Crippen LogP contribution in [0.3, 0.4) is 0 Å². The van der Waals surface area contributed by atoms with Crippen molar-refractivity contribution in [2.75, 3.05) is 24.3 Å². The molecule has 0 saturated carbocycles. The maximum Gasteiger partial charge on any atom is 0.270 e. The Hall–Kier alpha value is -3.23. The molecule has 2 aromatic heterocycles. The van der Waals surface area contributed by atoms with Crippen LogP contribution in [0.4, 0.5) is 5.82 Å². The number of aromatic nitrogens is 4. The highest BCUT2D eigenvalue weighted by molar-refractivity contribution is 7.98. The van der Waals surface area contributed by atoms with E-state index in [1.807, 2.05) is 67.0 Å². The van der Waals surface area contributed by atoms with Crippen molar-refractivity contribution in [2.24, 2.45) is 5.73 Å². The van der Waals surface area contributed by atoms with Crippen LogP contribution in [0.25, 0.3) is 28.4 Å². The SMILES string of the molecule is CSCCN.Nc1ncc(-c2ccccc2)nc1-c1nnc(C2=CC=CC=CC2)o1. The van der Waals surface area contributed by atoms with Crippen LogP contribution in [0.2, 0.25) is 0 Å². The van der Waals surface area contributed by atoms with Crippen LogP contribution in [0, 0.1) is 0 Å². The molecule has 0 unspecified atom stereocenters. The number of nitrogen functional groups attached to an aromatic ring is 1. The van der Waals surface area contributed by atoms with Crippen molar-refractivity contribution in [3.63, 3.8) is 0 Å². The number of nitrogens with zero attached hydrogens (tertiary/aromatic N) is 4. The van der Waals surface area contributed by atoms with Gasteiger partial charge in [-0.1, -0.05) is 60.7 Å². The molecule has 4 N–H and O–H groups in total. The zero-order valence-electron chi connectivity index (χ0n) is 16.7. The number of thioether (sulfide) groups is 1. The Kier molecular flexibility index (Phi) is 7.94. The molecule has 4 rings (SSSR count). The van der Waals surface area contributed by atoms with E-state index in [0.717, 1.165) is 29.9 Å². The smallest absolute Gasteiger partial charge is 0.270 e. The van der Waals surface area contributed by atoms with Crippen LogP contribution in [-0.4, -0.2) is 38.7 Å². The average molecular weight is 421 g/mol. The first-order valence-corrected chi connectivity index (χ1v) is 10.9. The summed E-state index contributed by atoms with van der Waals surface area (Å²) in [6.07, 6.45) is 14.3. The Morgan fingerprint density at radius 2 is 1.87 bits per heavy atom. The number of allylic oxidation sites excluding steroid dienone is 6. The molecule has 0 aliphatic heterocycles. The molecule has 0 fully saturated rings. The Morgan fingerprint density at radius 3 is 2.60 bits per heavy atom. The molecule has 1 aliphatic rings. The Morgan fingerprint density at radius 1 is 1.07 bits per heavy atom. The summed E-state index contributed by atoms with van der Waals surface area (Å²) >= 11 is 1.78. The fourth-order valence-corrected chi connectivity index (χ4v) is 2.84. The molecule has 30 heavy (non-hydrogen) atoms. The van der Waals surface area contributed by atoms with Crippen LogP contribution in [0.1, 0.15) is 12.3 Å². The highest BCUT2D eigenvalue weighted by Crippen LogP contribution is 2.27. The number of rotatable bonds is 5. The number of nitrogens with two attached hydrogens (primary N) is 2. The summed E-state index contributed by atoms with van der Waals surface area (Å²) in [7, 11) is 0. The fraction of sp³-hybridized carbons (Fsp3) is 0.182. The maximum atomic E-state index is 5.97. The predicted molar refractivity (Wildman–Crippen MR) is 123 cm³/mol. The highest BCUT2D eigenvalue weighted by atomic mass is 32.2. The third-order valence-corrected chi connectivity index (χ3v) is 4.73. The van der Waals surface area contributed by atoms with Crippen molar-refractivity contribution in [3.05, 3.63) is 72.8 Å². The zero-order valence-corrected chi connectivity index (χ0v) is 17.5. The van der Waals surface area contributed by atoms with Crippen LogP contribution in [-0.2, 0) is 0 Å². The summed E-state index contributed by atoms with van der Waals surface area (Å²) in [6, 6.07) is 9.74. The third kappa shape index (κ3) is 5.65. The number of anilines is 1. The molecule has 0 atom stereocenters. The monoisotopic (exact) mass is 420 g/mol. The van der Waals surface area contributed by atoms with E-state index in [9.17, 15) is 0 Å². The molecular weight excluding hydrogens is 396 g/mol. The van der Waals surface area contributed by atoms with E-state index in [0.29, 0.717) is 17.3 Å². The molecule has 0 radical (unpaired) electrons. The van der Waals surface area contributed by atoms with Gasteiger partial charge in [0.05, 0.1) is 11.9 Å². The molecule has 1 aliphatic carbocycles. The van der Waals surface area contributed by atoms with Gasteiger partial charge >= 0.3 is 0 Å². The van der Waals surface area contributed by atoms with E-state index in [1.165, 1.54) is 0 Å². The lowest BCUT2D eigenvalue weighted by Gasteiger charge is -2.04. The quantitative estimate of drug-likeness (QED) is 0.636. The molecule has 154 valence electrons. The minimum atomic E-state index is 0.254. The lowest BCUT2D eigenvalue weighted by Crippen LogP contribution is -1.99. The summed E-state index contributed by atoms with van der Waals surface area (Å²) in [6.45, 7) is 0.807. The topological polar surface area (TPSA) is 117 Å². The Bertz CT molecular complexity index is 1040. The van der Waals surface area contributed by atoms with Gasteiger partial charge in [-0.05, 0) is 12.7 Å². The standard InChI is InChI=1S/C19H15N5O.C3H9NS/c20-17-16(22-15(12-21-17)13-8-6-3-7-9-13)19-24-23-18(25-19)14-10-4-1-2-5-11-14;1-5-3-2-4/h1-10,12H,11H2,(H2,20,21);2-4H2,1H3. The number of hydrogen-bond donors (Lipinski definition) is 2. The normalized spacial score (nSPS) is 12.7. The van der Waals surface area contributed by atoms with Gasteiger partial charge in [-0.2, -0.15) is 11.8 Å². The molecule has 3 aromatic rings. The van der Waals surface area contributed by atoms with Crippen molar-refractivity contribution in [1.29, 1.82) is 0 Å². The van der Waals surface area contributed by atoms with E-state index < -0.39 is 0 Å². The van der Waals surface area contributed by atoms with Crippen molar-refractivity contribution in [2.45, 2.75) is 6.42 Å². The highest BCUT2D eigenvalue weighted by Gasteiger charge is 2.17. The summed E-state index contributed by atoms with van der Waals surface area (Å²) < 4.78 is 5.80. The molecule has 1 aromatic carbocycles. The van der Waals surface area contributed by atoms with Crippen molar-refractivity contribution < 1.29 is 4.42 Å². The van der Waals surface area contributed by atoms with E-state index in [-0.39, 0.29) is 11.7 Å². The molecule has 0 amide bonds. The minimum absolute atomic E-state index is 0.254. The number of hydrogen-bond acceptors (Lipinski definition) is 8. The largest absolute Gasteiger partial charge is 0.415 e. The van der Waals surface area contributed by atoms with E-state index >= 15 is 0 Å². The number of benzene rings is 1. The molecular formula is C22H24N6OS. The van der Waals surface area contributed by atoms with E-state index in [2.05, 4.69) is 20.2 Å². The van der Waals surface area contributed by atoms with Gasteiger partial charge in [0, 0.05) is 23.4 Å². The maximum absolute atomic E-state index is 5.97. The molecule has 0 bridgehead atoms. The second-order valence-corrected chi connectivity index (χ2v) is 7.24. The van der Waals surface area contributed by atoms with Crippen LogP contribution < -0.4 is 11.5 Å². The first-order valence-electron chi connectivity index (χ1n) is 9.46. The molecule has 0 spiro atoms. The van der Waals surface area contributed by atoms with Gasteiger partial charge in [0.25, 0.3) is 5.89 Å². The second-order valence-electron chi connectivity index (χ2n) is 6.26. The lowest BCUT2D eigenvalue weighted by atomic mass is 10.1. The molecule has 8 heteroatoms. The fourth-order valence-electron chi connectivity index (χ4n) is 2.61. The summed E-state index contributed by atoms with van der Waals surface area (Å²) in [5.41, 5.74) is 14.1. The van der Waals surface area contributed by atoms with Gasteiger partial charge in [-0.15, -0.1) is 10.2 Å². The van der Waals surface area contributed by atoms with Gasteiger partial charge in [-0.3, -0.25) is 0 Å². The van der Waals surface area contributed by atoms with Gasteiger partial charge in [0.15, 0.2) is 11.5 Å². The van der Waals surface area contributed by atoms with Gasteiger partial charge in [0.1, 0.15) is 0 Å². The Balaban J connectivity index is 0.000000461. The second kappa shape index (κ2) is 11.1. The summed E-state index contributed by atoms with van der Waals surface area (Å²) in [4.78, 5) is 8.78. The Labute approximate surface area is 180 Å². The predicted octanol–water partition coefficient (Wildman–Crippen LogP) is 3.98. The van der Waals surface area contributed by atoms with E-state index in [1.54, 1.807) is 18.0 Å². The third-order valence-electron chi connectivity index (χ3n) is 4.09. The lowest BCUT2D eigenvalue weighted by molar-refractivity contribution is 0.550. The first-order chi connectivity index (χ1) is 14.7. The molecule has 0 saturated heterocycles. The van der Waals surface area contributed by atoms with Gasteiger partial charge < -0.3 is 15.9 Å². The minimum Gasteiger partial charge on any atom is -0.415 e.